The van der Waals surface area contributed by atoms with E-state index in [2.05, 4.69) is 26.2 Å². The van der Waals surface area contributed by atoms with Gasteiger partial charge in [0, 0.05) is 22.8 Å². The molecule has 0 aliphatic heterocycles. The SMILES string of the molecule is Fc1ccc(F)c(CNc2ncc(Br)cc2Cl)c1. The van der Waals surface area contributed by atoms with Crippen LogP contribution in [0.3, 0.4) is 0 Å². The normalized spacial score (nSPS) is 10.4. The van der Waals surface area contributed by atoms with Gasteiger partial charge in [0.25, 0.3) is 0 Å². The van der Waals surface area contributed by atoms with Gasteiger partial charge in [0.1, 0.15) is 17.5 Å². The van der Waals surface area contributed by atoms with Crippen molar-refractivity contribution in [3.05, 3.63) is 57.2 Å². The Bertz CT molecular complexity index is 578. The predicted octanol–water partition coefficient (Wildman–Crippen LogP) is 4.39. The van der Waals surface area contributed by atoms with Crippen molar-refractivity contribution >= 4 is 33.3 Å². The maximum absolute atomic E-state index is 13.4. The Morgan fingerprint density at radius 2 is 2.06 bits per heavy atom. The first kappa shape index (κ1) is 13.2. The van der Waals surface area contributed by atoms with Gasteiger partial charge in [0.05, 0.1) is 5.02 Å². The van der Waals surface area contributed by atoms with Gasteiger partial charge in [-0.15, -0.1) is 0 Å². The van der Waals surface area contributed by atoms with E-state index in [4.69, 9.17) is 11.6 Å². The first-order valence-corrected chi connectivity index (χ1v) is 6.22. The van der Waals surface area contributed by atoms with E-state index in [0.29, 0.717) is 10.8 Å². The van der Waals surface area contributed by atoms with Gasteiger partial charge >= 0.3 is 0 Å². The number of hydrogen-bond acceptors (Lipinski definition) is 2. The zero-order chi connectivity index (χ0) is 13.1. The summed E-state index contributed by atoms with van der Waals surface area (Å²) in [6.45, 7) is 0.109. The monoisotopic (exact) mass is 332 g/mol. The molecule has 0 bridgehead atoms. The number of hydrogen-bond donors (Lipinski definition) is 1. The summed E-state index contributed by atoms with van der Waals surface area (Å²) in [6.07, 6.45) is 1.57. The highest BCUT2D eigenvalue weighted by Crippen LogP contribution is 2.23. The summed E-state index contributed by atoms with van der Waals surface area (Å²) in [5, 5.41) is 3.26. The molecule has 0 fully saturated rings. The maximum Gasteiger partial charge on any atom is 0.145 e. The van der Waals surface area contributed by atoms with Crippen LogP contribution in [0.1, 0.15) is 5.56 Å². The van der Waals surface area contributed by atoms with Crippen molar-refractivity contribution in [3.63, 3.8) is 0 Å². The molecule has 94 valence electrons. The standard InChI is InChI=1S/C12H8BrClF2N2/c13-8-4-10(14)12(18-6-8)17-5-7-3-9(15)1-2-11(7)16/h1-4,6H,5H2,(H,17,18). The molecule has 0 amide bonds. The summed E-state index contributed by atoms with van der Waals surface area (Å²) in [5.74, 6) is -0.538. The van der Waals surface area contributed by atoms with Gasteiger partial charge in [-0.05, 0) is 40.2 Å². The lowest BCUT2D eigenvalue weighted by Gasteiger charge is -2.08. The van der Waals surface area contributed by atoms with E-state index >= 15 is 0 Å². The van der Waals surface area contributed by atoms with E-state index in [-0.39, 0.29) is 12.1 Å². The van der Waals surface area contributed by atoms with E-state index in [1.54, 1.807) is 12.3 Å². The Morgan fingerprint density at radius 3 is 2.78 bits per heavy atom. The second kappa shape index (κ2) is 5.63. The van der Waals surface area contributed by atoms with Crippen molar-refractivity contribution in [2.75, 3.05) is 5.32 Å². The number of anilines is 1. The largest absolute Gasteiger partial charge is 0.365 e. The molecule has 0 radical (unpaired) electrons. The number of aromatic nitrogens is 1. The van der Waals surface area contributed by atoms with E-state index in [1.807, 2.05) is 0 Å². The molecular formula is C12H8BrClF2N2. The third kappa shape index (κ3) is 3.17. The molecule has 2 rings (SSSR count). The van der Waals surface area contributed by atoms with E-state index < -0.39 is 11.6 Å². The highest BCUT2D eigenvalue weighted by molar-refractivity contribution is 9.10. The quantitative estimate of drug-likeness (QED) is 0.901. The number of nitrogens with one attached hydrogen (secondary N) is 1. The Balaban J connectivity index is 2.13. The molecular weight excluding hydrogens is 325 g/mol. The van der Waals surface area contributed by atoms with Gasteiger partial charge in [-0.25, -0.2) is 13.8 Å². The minimum atomic E-state index is -0.483. The van der Waals surface area contributed by atoms with E-state index in [1.165, 1.54) is 0 Å². The maximum atomic E-state index is 13.4. The summed E-state index contributed by atoms with van der Waals surface area (Å²) < 4.78 is 27.1. The molecule has 0 aliphatic carbocycles. The molecule has 6 heteroatoms. The van der Waals surface area contributed by atoms with Crippen LogP contribution < -0.4 is 5.32 Å². The average molecular weight is 334 g/mol. The lowest BCUT2D eigenvalue weighted by Crippen LogP contribution is -2.04. The Hall–Kier alpha value is -1.20. The zero-order valence-corrected chi connectivity index (χ0v) is 11.4. The summed E-state index contributed by atoms with van der Waals surface area (Å²) in [4.78, 5) is 4.04. The van der Waals surface area contributed by atoms with Crippen molar-refractivity contribution in [1.29, 1.82) is 0 Å². The fourth-order valence-corrected chi connectivity index (χ4v) is 2.10. The smallest absolute Gasteiger partial charge is 0.145 e. The summed E-state index contributed by atoms with van der Waals surface area (Å²) in [5.41, 5.74) is 0.218. The number of halogens is 4. The molecule has 0 saturated carbocycles. The van der Waals surface area contributed by atoms with Crippen LogP contribution in [-0.2, 0) is 6.54 Å². The fraction of sp³-hybridized carbons (Fsp3) is 0.0833. The molecule has 0 spiro atoms. The van der Waals surface area contributed by atoms with Gasteiger partial charge in [0.15, 0.2) is 0 Å². The average Bonchev–Trinajstić information content (AvgIpc) is 2.32. The molecule has 2 nitrogen and oxygen atoms in total. The van der Waals surface area contributed by atoms with Crippen LogP contribution in [0.15, 0.2) is 34.9 Å². The Morgan fingerprint density at radius 1 is 1.28 bits per heavy atom. The minimum Gasteiger partial charge on any atom is -0.365 e. The Labute approximate surface area is 116 Å². The first-order chi connectivity index (χ1) is 8.56. The van der Waals surface area contributed by atoms with Gasteiger partial charge < -0.3 is 5.32 Å². The summed E-state index contributed by atoms with van der Waals surface area (Å²) >= 11 is 9.17. The molecule has 18 heavy (non-hydrogen) atoms. The highest BCUT2D eigenvalue weighted by Gasteiger charge is 2.06. The van der Waals surface area contributed by atoms with Crippen molar-refractivity contribution < 1.29 is 8.78 Å². The van der Waals surface area contributed by atoms with E-state index in [9.17, 15) is 8.78 Å². The number of pyridine rings is 1. The number of nitrogens with zero attached hydrogens (tertiary/aromatic N) is 1. The molecule has 0 atom stereocenters. The van der Waals surface area contributed by atoms with Crippen LogP contribution >= 0.6 is 27.5 Å². The van der Waals surface area contributed by atoms with Crippen LogP contribution in [0.2, 0.25) is 5.02 Å². The van der Waals surface area contributed by atoms with Crippen molar-refractivity contribution in [2.45, 2.75) is 6.54 Å². The van der Waals surface area contributed by atoms with Crippen LogP contribution in [0.4, 0.5) is 14.6 Å². The lowest BCUT2D eigenvalue weighted by molar-refractivity contribution is 0.587. The molecule has 0 saturated heterocycles. The van der Waals surface area contributed by atoms with Crippen LogP contribution in [0, 0.1) is 11.6 Å². The minimum absolute atomic E-state index is 0.109. The van der Waals surface area contributed by atoms with Gasteiger partial charge in [0.2, 0.25) is 0 Å². The van der Waals surface area contributed by atoms with Crippen LogP contribution in [-0.4, -0.2) is 4.98 Å². The fourth-order valence-electron chi connectivity index (χ4n) is 1.40. The molecule has 1 N–H and O–H groups in total. The molecule has 2 aromatic rings. The predicted molar refractivity (Wildman–Crippen MR) is 70.6 cm³/mol. The third-order valence-corrected chi connectivity index (χ3v) is 2.98. The lowest BCUT2D eigenvalue weighted by atomic mass is 10.2. The van der Waals surface area contributed by atoms with Crippen LogP contribution in [0.5, 0.6) is 0 Å². The second-order valence-electron chi connectivity index (χ2n) is 3.57. The highest BCUT2D eigenvalue weighted by atomic mass is 79.9. The summed E-state index contributed by atoms with van der Waals surface area (Å²) in [6, 6.07) is 4.96. The van der Waals surface area contributed by atoms with Crippen molar-refractivity contribution in [1.82, 2.24) is 4.98 Å². The molecule has 1 heterocycles. The van der Waals surface area contributed by atoms with Gasteiger partial charge in [-0.3, -0.25) is 0 Å². The first-order valence-electron chi connectivity index (χ1n) is 5.05. The van der Waals surface area contributed by atoms with Crippen LogP contribution in [0.25, 0.3) is 0 Å². The number of rotatable bonds is 3. The van der Waals surface area contributed by atoms with Crippen molar-refractivity contribution in [3.8, 4) is 0 Å². The van der Waals surface area contributed by atoms with Crippen molar-refractivity contribution in [2.24, 2.45) is 0 Å². The molecule has 0 aliphatic rings. The third-order valence-electron chi connectivity index (χ3n) is 2.26. The Kier molecular flexibility index (Phi) is 4.14. The topological polar surface area (TPSA) is 24.9 Å². The van der Waals surface area contributed by atoms with Gasteiger partial charge in [-0.1, -0.05) is 11.6 Å². The zero-order valence-electron chi connectivity index (χ0n) is 9.05. The number of benzene rings is 1. The molecule has 0 unspecified atom stereocenters. The molecule has 1 aromatic heterocycles. The molecule has 1 aromatic carbocycles. The second-order valence-corrected chi connectivity index (χ2v) is 4.90. The van der Waals surface area contributed by atoms with E-state index in [0.717, 1.165) is 22.7 Å². The summed E-state index contributed by atoms with van der Waals surface area (Å²) in [7, 11) is 0. The van der Waals surface area contributed by atoms with Gasteiger partial charge in [-0.2, -0.15) is 0 Å².